The Hall–Kier alpha value is -1.59. The summed E-state index contributed by atoms with van der Waals surface area (Å²) in [7, 11) is 1.60. The lowest BCUT2D eigenvalue weighted by Crippen LogP contribution is -2.39. The zero-order chi connectivity index (χ0) is 15.0. The molecule has 112 valence electrons. The van der Waals surface area contributed by atoms with Gasteiger partial charge in [0, 0.05) is 19.6 Å². The van der Waals surface area contributed by atoms with E-state index in [9.17, 15) is 9.90 Å². The molecule has 5 nitrogen and oxygen atoms in total. The number of nitrogens with zero attached hydrogens (tertiary/aromatic N) is 1. The van der Waals surface area contributed by atoms with Crippen molar-refractivity contribution in [3.05, 3.63) is 29.8 Å². The number of amides is 1. The van der Waals surface area contributed by atoms with E-state index in [0.29, 0.717) is 19.6 Å². The molecule has 0 aliphatic carbocycles. The first kappa shape index (κ1) is 16.5. The predicted octanol–water partition coefficient (Wildman–Crippen LogP) is 1.19. The highest BCUT2D eigenvalue weighted by Crippen LogP contribution is 2.16. The minimum Gasteiger partial charge on any atom is -0.497 e. The van der Waals surface area contributed by atoms with Crippen molar-refractivity contribution in [2.75, 3.05) is 33.3 Å². The van der Waals surface area contributed by atoms with Crippen LogP contribution >= 0.6 is 0 Å². The topological polar surface area (TPSA) is 61.8 Å². The van der Waals surface area contributed by atoms with Crippen molar-refractivity contribution in [3.63, 3.8) is 0 Å². The molecule has 1 aromatic carbocycles. The van der Waals surface area contributed by atoms with E-state index in [-0.39, 0.29) is 12.5 Å². The van der Waals surface area contributed by atoms with E-state index in [1.807, 2.05) is 26.0 Å². The molecule has 0 aliphatic heterocycles. The Labute approximate surface area is 120 Å². The molecule has 2 N–H and O–H groups in total. The van der Waals surface area contributed by atoms with Crippen LogP contribution in [0.3, 0.4) is 0 Å². The minimum atomic E-state index is -0.634. The number of aliphatic hydroxyl groups is 1. The standard InChI is InChI=1S/C15H24N2O3/c1-4-17(5-2)15(19)11-16-10-14(18)12-6-8-13(20-3)9-7-12/h6-9,14,16,18H,4-5,10-11H2,1-3H3. The van der Waals surface area contributed by atoms with Crippen LogP contribution in [0, 0.1) is 0 Å². The third kappa shape index (κ3) is 4.83. The largest absolute Gasteiger partial charge is 0.497 e. The molecular weight excluding hydrogens is 256 g/mol. The fourth-order valence-electron chi connectivity index (χ4n) is 1.95. The van der Waals surface area contributed by atoms with Crippen LogP contribution in [0.5, 0.6) is 5.75 Å². The van der Waals surface area contributed by atoms with Crippen LogP contribution in [-0.2, 0) is 4.79 Å². The number of nitrogens with one attached hydrogen (secondary N) is 1. The van der Waals surface area contributed by atoms with E-state index in [0.717, 1.165) is 11.3 Å². The molecule has 0 aliphatic rings. The number of carbonyl (C=O) groups excluding carboxylic acids is 1. The Kier molecular flexibility index (Phi) is 7.04. The van der Waals surface area contributed by atoms with Crippen molar-refractivity contribution in [2.45, 2.75) is 20.0 Å². The Morgan fingerprint density at radius 1 is 1.30 bits per heavy atom. The Bertz CT molecular complexity index is 402. The molecule has 0 bridgehead atoms. The number of aliphatic hydroxyl groups excluding tert-OH is 1. The van der Waals surface area contributed by atoms with Crippen molar-refractivity contribution in [3.8, 4) is 5.75 Å². The van der Waals surface area contributed by atoms with Crippen LogP contribution in [0.4, 0.5) is 0 Å². The van der Waals surface area contributed by atoms with Crippen molar-refractivity contribution in [1.29, 1.82) is 0 Å². The first-order valence-corrected chi connectivity index (χ1v) is 6.92. The summed E-state index contributed by atoms with van der Waals surface area (Å²) in [5.74, 6) is 0.808. The molecule has 0 fully saturated rings. The van der Waals surface area contributed by atoms with Crippen LogP contribution in [0.25, 0.3) is 0 Å². The minimum absolute atomic E-state index is 0.0527. The van der Waals surface area contributed by atoms with Crippen molar-refractivity contribution >= 4 is 5.91 Å². The highest BCUT2D eigenvalue weighted by atomic mass is 16.5. The predicted molar refractivity (Wildman–Crippen MR) is 78.8 cm³/mol. The molecule has 0 saturated heterocycles. The van der Waals surface area contributed by atoms with Gasteiger partial charge in [-0.05, 0) is 31.5 Å². The van der Waals surface area contributed by atoms with Gasteiger partial charge in [0.2, 0.25) is 5.91 Å². The second-order valence-corrected chi connectivity index (χ2v) is 4.49. The first-order chi connectivity index (χ1) is 9.62. The molecule has 0 radical (unpaired) electrons. The van der Waals surface area contributed by atoms with Gasteiger partial charge in [-0.15, -0.1) is 0 Å². The van der Waals surface area contributed by atoms with E-state index in [2.05, 4.69) is 5.32 Å². The number of hydrogen-bond donors (Lipinski definition) is 2. The number of hydrogen-bond acceptors (Lipinski definition) is 4. The lowest BCUT2D eigenvalue weighted by Gasteiger charge is -2.19. The Morgan fingerprint density at radius 3 is 2.40 bits per heavy atom. The number of benzene rings is 1. The van der Waals surface area contributed by atoms with Gasteiger partial charge >= 0.3 is 0 Å². The van der Waals surface area contributed by atoms with E-state index in [1.54, 1.807) is 24.1 Å². The van der Waals surface area contributed by atoms with Crippen molar-refractivity contribution in [1.82, 2.24) is 10.2 Å². The Balaban J connectivity index is 2.39. The lowest BCUT2D eigenvalue weighted by molar-refractivity contribution is -0.129. The summed E-state index contributed by atoms with van der Waals surface area (Å²) in [6, 6.07) is 7.24. The van der Waals surface area contributed by atoms with Gasteiger partial charge in [0.1, 0.15) is 5.75 Å². The molecule has 1 atom stereocenters. The molecule has 1 amide bonds. The summed E-state index contributed by atoms with van der Waals surface area (Å²) in [6.07, 6.45) is -0.634. The van der Waals surface area contributed by atoms with Crippen LogP contribution in [0.1, 0.15) is 25.5 Å². The summed E-state index contributed by atoms with van der Waals surface area (Å²) in [5, 5.41) is 13.0. The fourth-order valence-corrected chi connectivity index (χ4v) is 1.95. The van der Waals surface area contributed by atoms with Crippen LogP contribution in [0.2, 0.25) is 0 Å². The van der Waals surface area contributed by atoms with Gasteiger partial charge in [0.05, 0.1) is 19.8 Å². The maximum absolute atomic E-state index is 11.8. The zero-order valence-electron chi connectivity index (χ0n) is 12.4. The summed E-state index contributed by atoms with van der Waals surface area (Å²) in [4.78, 5) is 13.5. The first-order valence-electron chi connectivity index (χ1n) is 6.92. The molecule has 20 heavy (non-hydrogen) atoms. The number of rotatable bonds is 8. The second-order valence-electron chi connectivity index (χ2n) is 4.49. The molecule has 5 heteroatoms. The maximum Gasteiger partial charge on any atom is 0.236 e. The van der Waals surface area contributed by atoms with E-state index in [4.69, 9.17) is 4.74 Å². The molecule has 0 heterocycles. The average molecular weight is 280 g/mol. The van der Waals surface area contributed by atoms with Gasteiger partial charge in [0.25, 0.3) is 0 Å². The van der Waals surface area contributed by atoms with Crippen LogP contribution < -0.4 is 10.1 Å². The molecule has 1 unspecified atom stereocenters. The smallest absolute Gasteiger partial charge is 0.236 e. The highest BCUT2D eigenvalue weighted by molar-refractivity contribution is 5.78. The summed E-state index contributed by atoms with van der Waals surface area (Å²) < 4.78 is 5.07. The van der Waals surface area contributed by atoms with E-state index in [1.165, 1.54) is 0 Å². The van der Waals surface area contributed by atoms with Gasteiger partial charge in [-0.1, -0.05) is 12.1 Å². The number of ether oxygens (including phenoxy) is 1. The molecule has 0 spiro atoms. The fraction of sp³-hybridized carbons (Fsp3) is 0.533. The summed E-state index contributed by atoms with van der Waals surface area (Å²) >= 11 is 0. The third-order valence-corrected chi connectivity index (χ3v) is 3.23. The van der Waals surface area contributed by atoms with Gasteiger partial charge in [-0.3, -0.25) is 4.79 Å². The van der Waals surface area contributed by atoms with Crippen molar-refractivity contribution in [2.24, 2.45) is 0 Å². The molecule has 0 aromatic heterocycles. The van der Waals surface area contributed by atoms with Crippen molar-refractivity contribution < 1.29 is 14.6 Å². The van der Waals surface area contributed by atoms with Gasteiger partial charge in [-0.25, -0.2) is 0 Å². The molecule has 1 aromatic rings. The third-order valence-electron chi connectivity index (χ3n) is 3.23. The van der Waals surface area contributed by atoms with E-state index >= 15 is 0 Å². The quantitative estimate of drug-likeness (QED) is 0.751. The monoisotopic (exact) mass is 280 g/mol. The van der Waals surface area contributed by atoms with E-state index < -0.39 is 6.10 Å². The van der Waals surface area contributed by atoms with Gasteiger partial charge < -0.3 is 20.1 Å². The number of carbonyl (C=O) groups is 1. The zero-order valence-corrected chi connectivity index (χ0v) is 12.4. The summed E-state index contributed by atoms with van der Waals surface area (Å²) in [6.45, 7) is 5.91. The molecule has 1 rings (SSSR count). The molecular formula is C15H24N2O3. The number of likely N-dealkylation sites (N-methyl/N-ethyl adjacent to an activating group) is 1. The second kappa shape index (κ2) is 8.55. The number of methoxy groups -OCH3 is 1. The summed E-state index contributed by atoms with van der Waals surface area (Å²) in [5.41, 5.74) is 0.800. The SMILES string of the molecule is CCN(CC)C(=O)CNCC(O)c1ccc(OC)cc1. The van der Waals surface area contributed by atoms with Gasteiger partial charge in [-0.2, -0.15) is 0 Å². The normalized spacial score (nSPS) is 12.0. The Morgan fingerprint density at radius 2 is 1.90 bits per heavy atom. The highest BCUT2D eigenvalue weighted by Gasteiger charge is 2.11. The van der Waals surface area contributed by atoms with Crippen LogP contribution in [0.15, 0.2) is 24.3 Å². The van der Waals surface area contributed by atoms with Gasteiger partial charge in [0.15, 0.2) is 0 Å². The molecule has 0 saturated carbocycles. The maximum atomic E-state index is 11.8. The lowest BCUT2D eigenvalue weighted by atomic mass is 10.1. The van der Waals surface area contributed by atoms with Crippen LogP contribution in [-0.4, -0.2) is 49.2 Å². The average Bonchev–Trinajstić information content (AvgIpc) is 2.48.